The van der Waals surface area contributed by atoms with Crippen LogP contribution in [0.3, 0.4) is 0 Å². The van der Waals surface area contributed by atoms with Gasteiger partial charge in [0.15, 0.2) is 0 Å². The van der Waals surface area contributed by atoms with Crippen LogP contribution in [0.5, 0.6) is 0 Å². The van der Waals surface area contributed by atoms with Crippen molar-refractivity contribution in [3.8, 4) is 0 Å². The molecule has 0 aliphatic carbocycles. The highest BCUT2D eigenvalue weighted by Gasteiger charge is 2.27. The number of nitro benzene ring substituents is 1. The zero-order valence-electron chi connectivity index (χ0n) is 11.7. The number of benzene rings is 1. The van der Waals surface area contributed by atoms with E-state index in [0.717, 1.165) is 19.5 Å². The summed E-state index contributed by atoms with van der Waals surface area (Å²) in [5.41, 5.74) is 5.86. The minimum atomic E-state index is -0.653. The lowest BCUT2D eigenvalue weighted by Crippen LogP contribution is -2.39. The van der Waals surface area contributed by atoms with E-state index in [9.17, 15) is 14.9 Å². The maximum absolute atomic E-state index is 11.2. The molecule has 2 atom stereocenters. The van der Waals surface area contributed by atoms with Crippen LogP contribution in [0.4, 0.5) is 11.4 Å². The molecule has 0 bridgehead atoms. The Labute approximate surface area is 117 Å². The van der Waals surface area contributed by atoms with Crippen LogP contribution in [0.2, 0.25) is 0 Å². The Hall–Kier alpha value is -2.11. The first-order chi connectivity index (χ1) is 9.38. The van der Waals surface area contributed by atoms with Gasteiger partial charge >= 0.3 is 0 Å². The van der Waals surface area contributed by atoms with Crippen molar-refractivity contribution < 1.29 is 9.72 Å². The van der Waals surface area contributed by atoms with Crippen LogP contribution in [0.15, 0.2) is 18.2 Å². The van der Waals surface area contributed by atoms with Crippen LogP contribution in [0, 0.1) is 22.0 Å². The van der Waals surface area contributed by atoms with Crippen LogP contribution < -0.4 is 10.6 Å². The molecule has 2 N–H and O–H groups in total. The number of piperidine rings is 1. The first-order valence-electron chi connectivity index (χ1n) is 6.71. The van der Waals surface area contributed by atoms with Crippen molar-refractivity contribution in [2.45, 2.75) is 20.3 Å². The number of hydrogen-bond donors (Lipinski definition) is 1. The summed E-state index contributed by atoms with van der Waals surface area (Å²) in [6, 6.07) is 4.44. The Morgan fingerprint density at radius 2 is 1.95 bits per heavy atom. The first kappa shape index (κ1) is 14.3. The molecule has 6 nitrogen and oxygen atoms in total. The van der Waals surface area contributed by atoms with E-state index >= 15 is 0 Å². The van der Waals surface area contributed by atoms with E-state index in [0.29, 0.717) is 17.5 Å². The van der Waals surface area contributed by atoms with Gasteiger partial charge in [-0.2, -0.15) is 0 Å². The molecule has 1 aromatic rings. The van der Waals surface area contributed by atoms with Gasteiger partial charge < -0.3 is 10.6 Å². The molecule has 0 saturated carbocycles. The first-order valence-corrected chi connectivity index (χ1v) is 6.71. The molecule has 1 aliphatic heterocycles. The summed E-state index contributed by atoms with van der Waals surface area (Å²) in [6.07, 6.45) is 1.13. The Morgan fingerprint density at radius 1 is 1.35 bits per heavy atom. The lowest BCUT2D eigenvalue weighted by Gasteiger charge is -2.36. The normalized spacial score (nSPS) is 22.6. The monoisotopic (exact) mass is 277 g/mol. The van der Waals surface area contributed by atoms with Crippen molar-refractivity contribution >= 4 is 17.3 Å². The quantitative estimate of drug-likeness (QED) is 0.677. The largest absolute Gasteiger partial charge is 0.366 e. The number of nitrogens with zero attached hydrogens (tertiary/aromatic N) is 2. The number of anilines is 1. The maximum atomic E-state index is 11.2. The van der Waals surface area contributed by atoms with Crippen LogP contribution in [0.25, 0.3) is 0 Å². The summed E-state index contributed by atoms with van der Waals surface area (Å²) < 4.78 is 0. The summed E-state index contributed by atoms with van der Waals surface area (Å²) in [4.78, 5) is 24.0. The standard InChI is InChI=1S/C14H19N3O3/c1-9-5-10(2)8-16(7-9)12-4-3-11(14(15)18)6-13(12)17(19)20/h3-4,6,9-10H,5,7-8H2,1-2H3,(H2,15,18). The number of hydrogen-bond acceptors (Lipinski definition) is 4. The number of nitrogens with two attached hydrogens (primary N) is 1. The molecule has 6 heteroatoms. The molecule has 20 heavy (non-hydrogen) atoms. The number of carbonyl (C=O) groups excluding carboxylic acids is 1. The van der Waals surface area contributed by atoms with Gasteiger partial charge in [-0.25, -0.2) is 0 Å². The Kier molecular flexibility index (Phi) is 3.92. The van der Waals surface area contributed by atoms with Crippen LogP contribution in [0.1, 0.15) is 30.6 Å². The van der Waals surface area contributed by atoms with Gasteiger partial charge in [-0.15, -0.1) is 0 Å². The molecule has 2 rings (SSSR count). The summed E-state index contributed by atoms with van der Waals surface area (Å²) in [7, 11) is 0. The highest BCUT2D eigenvalue weighted by molar-refractivity contribution is 5.94. The van der Waals surface area contributed by atoms with E-state index in [1.54, 1.807) is 12.1 Å². The third kappa shape index (κ3) is 2.89. The Balaban J connectivity index is 2.40. The molecule has 1 amide bonds. The SMILES string of the molecule is CC1CC(C)CN(c2ccc(C(N)=O)cc2[N+](=O)[O-])C1. The van der Waals surface area contributed by atoms with Crippen LogP contribution in [-0.4, -0.2) is 23.9 Å². The number of amides is 1. The second kappa shape index (κ2) is 5.48. The van der Waals surface area contributed by atoms with Gasteiger partial charge in [-0.3, -0.25) is 14.9 Å². The van der Waals surface area contributed by atoms with E-state index in [1.807, 2.05) is 4.90 Å². The summed E-state index contributed by atoms with van der Waals surface area (Å²) >= 11 is 0. The van der Waals surface area contributed by atoms with Gasteiger partial charge in [-0.1, -0.05) is 13.8 Å². The fourth-order valence-electron chi connectivity index (χ4n) is 2.95. The second-order valence-electron chi connectivity index (χ2n) is 5.68. The number of nitro groups is 1. The Bertz CT molecular complexity index is 534. The molecule has 1 aromatic carbocycles. The van der Waals surface area contributed by atoms with Crippen molar-refractivity contribution in [3.63, 3.8) is 0 Å². The molecule has 2 unspecified atom stereocenters. The smallest absolute Gasteiger partial charge is 0.293 e. The van der Waals surface area contributed by atoms with Crippen molar-refractivity contribution in [2.24, 2.45) is 17.6 Å². The average molecular weight is 277 g/mol. The predicted molar refractivity (Wildman–Crippen MR) is 76.8 cm³/mol. The Morgan fingerprint density at radius 3 is 2.45 bits per heavy atom. The lowest BCUT2D eigenvalue weighted by atomic mass is 9.91. The molecule has 1 aliphatic rings. The van der Waals surface area contributed by atoms with Crippen molar-refractivity contribution in [2.75, 3.05) is 18.0 Å². The third-order valence-electron chi connectivity index (χ3n) is 3.67. The molecule has 0 radical (unpaired) electrons. The lowest BCUT2D eigenvalue weighted by molar-refractivity contribution is -0.384. The highest BCUT2D eigenvalue weighted by Crippen LogP contribution is 2.33. The molecule has 1 heterocycles. The fourth-order valence-corrected chi connectivity index (χ4v) is 2.95. The van der Waals surface area contributed by atoms with Crippen molar-refractivity contribution in [1.82, 2.24) is 0 Å². The molecular weight excluding hydrogens is 258 g/mol. The van der Waals surface area contributed by atoms with Crippen LogP contribution >= 0.6 is 0 Å². The summed E-state index contributed by atoms with van der Waals surface area (Å²) in [5, 5.41) is 11.2. The minimum Gasteiger partial charge on any atom is -0.366 e. The van der Waals surface area contributed by atoms with Crippen LogP contribution in [-0.2, 0) is 0 Å². The van der Waals surface area contributed by atoms with Crippen molar-refractivity contribution in [3.05, 3.63) is 33.9 Å². The van der Waals surface area contributed by atoms with E-state index in [-0.39, 0.29) is 11.3 Å². The fraction of sp³-hybridized carbons (Fsp3) is 0.500. The minimum absolute atomic E-state index is 0.0531. The van der Waals surface area contributed by atoms with E-state index < -0.39 is 10.8 Å². The summed E-state index contributed by atoms with van der Waals surface area (Å²) in [6.45, 7) is 5.88. The molecule has 1 saturated heterocycles. The van der Waals surface area contributed by atoms with Gasteiger partial charge in [0.2, 0.25) is 5.91 Å². The average Bonchev–Trinajstić information content (AvgIpc) is 2.36. The van der Waals surface area contributed by atoms with E-state index in [4.69, 9.17) is 5.73 Å². The zero-order valence-corrected chi connectivity index (χ0v) is 11.7. The molecule has 108 valence electrons. The van der Waals surface area contributed by atoms with Gasteiger partial charge in [0, 0.05) is 24.7 Å². The van der Waals surface area contributed by atoms with E-state index in [2.05, 4.69) is 13.8 Å². The summed E-state index contributed by atoms with van der Waals surface area (Å²) in [5.74, 6) is 0.336. The number of carbonyl (C=O) groups is 1. The van der Waals surface area contributed by atoms with Gasteiger partial charge in [0.05, 0.1) is 4.92 Å². The van der Waals surface area contributed by atoms with Crippen molar-refractivity contribution in [1.29, 1.82) is 0 Å². The topological polar surface area (TPSA) is 89.5 Å². The molecule has 0 spiro atoms. The predicted octanol–water partition coefficient (Wildman–Crippen LogP) is 2.18. The zero-order chi connectivity index (χ0) is 14.9. The van der Waals surface area contributed by atoms with E-state index in [1.165, 1.54) is 6.07 Å². The van der Waals surface area contributed by atoms with Gasteiger partial charge in [0.1, 0.15) is 5.69 Å². The highest BCUT2D eigenvalue weighted by atomic mass is 16.6. The molecule has 0 aromatic heterocycles. The van der Waals surface area contributed by atoms with Gasteiger partial charge in [0.25, 0.3) is 5.69 Å². The third-order valence-corrected chi connectivity index (χ3v) is 3.67. The maximum Gasteiger partial charge on any atom is 0.293 e. The molecular formula is C14H19N3O3. The molecule has 1 fully saturated rings. The number of rotatable bonds is 3. The number of primary amides is 1. The van der Waals surface area contributed by atoms with Gasteiger partial charge in [-0.05, 0) is 30.4 Å². The second-order valence-corrected chi connectivity index (χ2v) is 5.68.